The van der Waals surface area contributed by atoms with Gasteiger partial charge in [0.2, 0.25) is 5.91 Å². The highest BCUT2D eigenvalue weighted by molar-refractivity contribution is 5.92. The van der Waals surface area contributed by atoms with Gasteiger partial charge < -0.3 is 14.8 Å². The fraction of sp³-hybridized carbons (Fsp3) is 0.273. The second-order valence-electron chi connectivity index (χ2n) is 6.93. The van der Waals surface area contributed by atoms with Gasteiger partial charge in [-0.1, -0.05) is 12.1 Å². The van der Waals surface area contributed by atoms with Gasteiger partial charge in [-0.2, -0.15) is 0 Å². The lowest BCUT2D eigenvalue weighted by Crippen LogP contribution is -2.30. The highest BCUT2D eigenvalue weighted by atomic mass is 16.1. The summed E-state index contributed by atoms with van der Waals surface area (Å²) >= 11 is 0. The number of nitrogens with zero attached hydrogens (tertiary/aromatic N) is 3. The van der Waals surface area contributed by atoms with Crippen LogP contribution in [0.4, 0.5) is 11.5 Å². The minimum absolute atomic E-state index is 0.0313. The maximum Gasteiger partial charge on any atom is 0.228 e. The number of rotatable bonds is 5. The van der Waals surface area contributed by atoms with Crippen molar-refractivity contribution in [1.29, 1.82) is 0 Å². The van der Waals surface area contributed by atoms with E-state index in [1.165, 1.54) is 19.3 Å². The Balaban J connectivity index is 1.33. The summed E-state index contributed by atoms with van der Waals surface area (Å²) in [6.45, 7) is 2.13. The van der Waals surface area contributed by atoms with Crippen LogP contribution in [-0.2, 0) is 11.2 Å². The molecular weight excluding hydrogens is 336 g/mol. The quantitative estimate of drug-likeness (QED) is 0.747. The summed E-state index contributed by atoms with van der Waals surface area (Å²) in [6, 6.07) is 15.9. The van der Waals surface area contributed by atoms with Gasteiger partial charge >= 0.3 is 0 Å². The Morgan fingerprint density at radius 1 is 0.963 bits per heavy atom. The number of carbonyl (C=O) groups is 1. The van der Waals surface area contributed by atoms with Crippen LogP contribution < -0.4 is 10.2 Å². The second kappa shape index (κ2) is 8.08. The smallest absolute Gasteiger partial charge is 0.228 e. The summed E-state index contributed by atoms with van der Waals surface area (Å²) in [6.07, 6.45) is 9.85. The lowest BCUT2D eigenvalue weighted by molar-refractivity contribution is -0.115. The normalized spacial score (nSPS) is 14.1. The third kappa shape index (κ3) is 4.37. The largest absolute Gasteiger partial charge is 0.357 e. The first-order valence-corrected chi connectivity index (χ1v) is 9.51. The molecule has 1 aromatic carbocycles. The molecular formula is C22H24N4O. The van der Waals surface area contributed by atoms with Crippen LogP contribution in [0.3, 0.4) is 0 Å². The number of benzene rings is 1. The Morgan fingerprint density at radius 3 is 2.37 bits per heavy atom. The summed E-state index contributed by atoms with van der Waals surface area (Å²) in [5.41, 5.74) is 2.81. The molecule has 0 aliphatic carbocycles. The van der Waals surface area contributed by atoms with Crippen molar-refractivity contribution < 1.29 is 4.79 Å². The predicted octanol–water partition coefficient (Wildman–Crippen LogP) is 4.04. The van der Waals surface area contributed by atoms with Crippen molar-refractivity contribution in [1.82, 2.24) is 9.55 Å². The van der Waals surface area contributed by atoms with E-state index in [1.807, 2.05) is 65.5 Å². The van der Waals surface area contributed by atoms with Crippen molar-refractivity contribution in [2.24, 2.45) is 0 Å². The molecule has 1 saturated heterocycles. The molecule has 3 heterocycles. The molecule has 5 nitrogen and oxygen atoms in total. The number of amides is 1. The highest BCUT2D eigenvalue weighted by Crippen LogP contribution is 2.19. The van der Waals surface area contributed by atoms with E-state index in [1.54, 1.807) is 6.20 Å². The summed E-state index contributed by atoms with van der Waals surface area (Å²) in [4.78, 5) is 19.1. The monoisotopic (exact) mass is 360 g/mol. The topological polar surface area (TPSA) is 50.2 Å². The zero-order chi connectivity index (χ0) is 18.5. The van der Waals surface area contributed by atoms with E-state index in [2.05, 4.69) is 15.2 Å². The van der Waals surface area contributed by atoms with Crippen LogP contribution in [0, 0.1) is 0 Å². The number of aromatic nitrogens is 2. The number of piperidine rings is 1. The first kappa shape index (κ1) is 17.3. The van der Waals surface area contributed by atoms with Gasteiger partial charge in [0.15, 0.2) is 0 Å². The summed E-state index contributed by atoms with van der Waals surface area (Å²) < 4.78 is 2.04. The molecule has 0 radical (unpaired) electrons. The minimum atomic E-state index is -0.0313. The molecule has 1 aliphatic heterocycles. The Morgan fingerprint density at radius 2 is 1.70 bits per heavy atom. The van der Waals surface area contributed by atoms with Crippen molar-refractivity contribution >= 4 is 17.4 Å². The van der Waals surface area contributed by atoms with Crippen LogP contribution in [0.1, 0.15) is 24.8 Å². The summed E-state index contributed by atoms with van der Waals surface area (Å²) in [7, 11) is 0. The maximum absolute atomic E-state index is 12.3. The molecule has 3 aromatic rings. The maximum atomic E-state index is 12.3. The van der Waals surface area contributed by atoms with Crippen LogP contribution in [0.5, 0.6) is 0 Å². The summed E-state index contributed by atoms with van der Waals surface area (Å²) in [5, 5.41) is 2.94. The molecule has 5 heteroatoms. The van der Waals surface area contributed by atoms with E-state index in [0.29, 0.717) is 6.42 Å². The summed E-state index contributed by atoms with van der Waals surface area (Å²) in [5.74, 6) is 0.963. The molecule has 0 saturated carbocycles. The van der Waals surface area contributed by atoms with Gasteiger partial charge in [-0.05, 0) is 61.2 Å². The first-order valence-electron chi connectivity index (χ1n) is 9.51. The van der Waals surface area contributed by atoms with E-state index in [9.17, 15) is 4.79 Å². The number of hydrogen-bond donors (Lipinski definition) is 1. The molecule has 27 heavy (non-hydrogen) atoms. The number of pyridine rings is 1. The van der Waals surface area contributed by atoms with E-state index < -0.39 is 0 Å². The van der Waals surface area contributed by atoms with Crippen molar-refractivity contribution in [2.45, 2.75) is 25.7 Å². The van der Waals surface area contributed by atoms with Gasteiger partial charge in [0, 0.05) is 31.2 Å². The highest BCUT2D eigenvalue weighted by Gasteiger charge is 2.12. The van der Waals surface area contributed by atoms with Gasteiger partial charge in [-0.15, -0.1) is 0 Å². The molecule has 0 spiro atoms. The fourth-order valence-corrected chi connectivity index (χ4v) is 3.45. The molecule has 0 unspecified atom stereocenters. The van der Waals surface area contributed by atoms with Crippen LogP contribution in [0.15, 0.2) is 67.1 Å². The minimum Gasteiger partial charge on any atom is -0.357 e. The van der Waals surface area contributed by atoms with Crippen molar-refractivity contribution in [3.63, 3.8) is 0 Å². The number of nitrogens with one attached hydrogen (secondary N) is 1. The third-order valence-corrected chi connectivity index (χ3v) is 4.92. The molecule has 138 valence electrons. The Bertz CT molecular complexity index is 864. The number of anilines is 2. The molecule has 0 bridgehead atoms. The van der Waals surface area contributed by atoms with Crippen LogP contribution in [0.2, 0.25) is 0 Å². The number of carbonyl (C=O) groups excluding carboxylic acids is 1. The van der Waals surface area contributed by atoms with Gasteiger partial charge in [0.25, 0.3) is 0 Å². The molecule has 1 fully saturated rings. The van der Waals surface area contributed by atoms with Gasteiger partial charge in [-0.3, -0.25) is 4.79 Å². The predicted molar refractivity (Wildman–Crippen MR) is 108 cm³/mol. The second-order valence-corrected chi connectivity index (χ2v) is 6.93. The van der Waals surface area contributed by atoms with E-state index in [4.69, 9.17) is 0 Å². The van der Waals surface area contributed by atoms with Crippen molar-refractivity contribution in [2.75, 3.05) is 23.3 Å². The lowest BCUT2D eigenvalue weighted by Gasteiger charge is -2.27. The Kier molecular flexibility index (Phi) is 5.19. The van der Waals surface area contributed by atoms with E-state index in [0.717, 1.165) is 35.8 Å². The first-order chi connectivity index (χ1) is 13.3. The van der Waals surface area contributed by atoms with Gasteiger partial charge in [0.05, 0.1) is 18.3 Å². The molecule has 0 atom stereocenters. The van der Waals surface area contributed by atoms with Gasteiger partial charge in [0.1, 0.15) is 5.82 Å². The standard InChI is InChI=1S/C22H24N4O/c27-22(16-18-6-9-20(10-7-18)25-12-4-5-13-25)24-19-8-11-21(23-17-19)26-14-2-1-3-15-26/h4-13,17H,1-3,14-16H2,(H,24,27). The van der Waals surface area contributed by atoms with Crippen LogP contribution >= 0.6 is 0 Å². The van der Waals surface area contributed by atoms with E-state index in [-0.39, 0.29) is 5.91 Å². The Hall–Kier alpha value is -3.08. The zero-order valence-corrected chi connectivity index (χ0v) is 15.3. The fourth-order valence-electron chi connectivity index (χ4n) is 3.45. The molecule has 4 rings (SSSR count). The lowest BCUT2D eigenvalue weighted by atomic mass is 10.1. The SMILES string of the molecule is O=C(Cc1ccc(-n2cccc2)cc1)Nc1ccc(N2CCCCC2)nc1. The molecule has 1 amide bonds. The molecule has 1 N–H and O–H groups in total. The van der Waals surface area contributed by atoms with Gasteiger partial charge in [-0.25, -0.2) is 4.98 Å². The third-order valence-electron chi connectivity index (χ3n) is 4.92. The van der Waals surface area contributed by atoms with Crippen molar-refractivity contribution in [3.05, 3.63) is 72.7 Å². The number of hydrogen-bond acceptors (Lipinski definition) is 3. The average Bonchev–Trinajstić information content (AvgIpc) is 3.25. The zero-order valence-electron chi connectivity index (χ0n) is 15.3. The molecule has 1 aliphatic rings. The van der Waals surface area contributed by atoms with E-state index >= 15 is 0 Å². The molecule has 2 aromatic heterocycles. The van der Waals surface area contributed by atoms with Crippen molar-refractivity contribution in [3.8, 4) is 5.69 Å². The van der Waals surface area contributed by atoms with Crippen LogP contribution in [-0.4, -0.2) is 28.5 Å². The average molecular weight is 360 g/mol. The van der Waals surface area contributed by atoms with Crippen LogP contribution in [0.25, 0.3) is 5.69 Å². The Labute approximate surface area is 159 Å².